The second kappa shape index (κ2) is 6.09. The summed E-state index contributed by atoms with van der Waals surface area (Å²) < 4.78 is 24.9. The maximum Gasteiger partial charge on any atom is 0.192 e. The van der Waals surface area contributed by atoms with Crippen molar-refractivity contribution in [2.45, 2.75) is 57.8 Å². The third-order valence-corrected chi connectivity index (χ3v) is 9.29. The van der Waals surface area contributed by atoms with E-state index in [0.717, 1.165) is 18.6 Å². The van der Waals surface area contributed by atoms with Gasteiger partial charge >= 0.3 is 0 Å². The van der Waals surface area contributed by atoms with Gasteiger partial charge in [-0.2, -0.15) is 0 Å². The largest absolute Gasteiger partial charge is 0.493 e. The lowest BCUT2D eigenvalue weighted by atomic mass is 9.83. The van der Waals surface area contributed by atoms with Crippen LogP contribution >= 0.6 is 0 Å². The average Bonchev–Trinajstić information content (AvgIpc) is 2.32. The van der Waals surface area contributed by atoms with E-state index >= 15 is 0 Å². The van der Waals surface area contributed by atoms with Gasteiger partial charge in [0.1, 0.15) is 11.6 Å². The summed E-state index contributed by atoms with van der Waals surface area (Å²) in [5.74, 6) is 1.07. The van der Waals surface area contributed by atoms with Gasteiger partial charge in [0.05, 0.1) is 6.61 Å². The third kappa shape index (κ3) is 4.30. The topological polar surface area (TPSA) is 18.5 Å². The molecule has 1 aliphatic rings. The van der Waals surface area contributed by atoms with Gasteiger partial charge in [0.15, 0.2) is 8.32 Å². The van der Waals surface area contributed by atoms with E-state index < -0.39 is 8.32 Å². The molecule has 0 saturated heterocycles. The van der Waals surface area contributed by atoms with Crippen molar-refractivity contribution >= 4 is 8.32 Å². The Morgan fingerprint density at radius 3 is 2.24 bits per heavy atom. The van der Waals surface area contributed by atoms with Crippen molar-refractivity contribution in [2.75, 3.05) is 6.61 Å². The maximum absolute atomic E-state index is 12.8. The summed E-state index contributed by atoms with van der Waals surface area (Å²) in [6.45, 7) is 12.1. The van der Waals surface area contributed by atoms with Crippen molar-refractivity contribution < 1.29 is 13.6 Å². The van der Waals surface area contributed by atoms with Crippen LogP contribution in [-0.2, 0) is 4.43 Å². The van der Waals surface area contributed by atoms with E-state index in [1.165, 1.54) is 12.1 Å². The molecule has 2 rings (SSSR count). The summed E-state index contributed by atoms with van der Waals surface area (Å²) in [4.78, 5) is 0. The summed E-state index contributed by atoms with van der Waals surface area (Å²) in [5, 5.41) is 0.267. The molecule has 1 aromatic rings. The predicted molar refractivity (Wildman–Crippen MR) is 86.7 cm³/mol. The first-order valence-corrected chi connectivity index (χ1v) is 10.6. The number of benzene rings is 1. The van der Waals surface area contributed by atoms with Crippen LogP contribution in [0.2, 0.25) is 18.1 Å². The Hall–Kier alpha value is -0.873. The molecular weight excluding hydrogens is 283 g/mol. The van der Waals surface area contributed by atoms with E-state index in [-0.39, 0.29) is 10.9 Å². The molecule has 118 valence electrons. The van der Waals surface area contributed by atoms with Crippen LogP contribution in [0.5, 0.6) is 5.75 Å². The fourth-order valence-electron chi connectivity index (χ4n) is 2.25. The lowest BCUT2D eigenvalue weighted by Gasteiger charge is -2.44. The fourth-order valence-corrected chi connectivity index (χ4v) is 3.62. The SMILES string of the molecule is CC(C)(C)[Si](C)(C)O[C@H]1C[C@@H](COc2ccc(F)cc2)C1. The minimum atomic E-state index is -1.64. The summed E-state index contributed by atoms with van der Waals surface area (Å²) in [6, 6.07) is 6.22. The third-order valence-electron chi connectivity index (χ3n) is 4.76. The molecule has 2 nitrogen and oxygen atoms in total. The zero-order valence-electron chi connectivity index (χ0n) is 13.8. The van der Waals surface area contributed by atoms with Gasteiger partial charge in [-0.3, -0.25) is 0 Å². The highest BCUT2D eigenvalue weighted by molar-refractivity contribution is 6.74. The highest BCUT2D eigenvalue weighted by Crippen LogP contribution is 2.41. The van der Waals surface area contributed by atoms with E-state index in [4.69, 9.17) is 9.16 Å². The van der Waals surface area contributed by atoms with Crippen LogP contribution in [0.4, 0.5) is 4.39 Å². The molecule has 1 aromatic carbocycles. The number of halogens is 1. The molecule has 1 saturated carbocycles. The Bertz CT molecular complexity index is 459. The molecule has 0 bridgehead atoms. The molecule has 0 atom stereocenters. The van der Waals surface area contributed by atoms with Crippen LogP contribution in [0.3, 0.4) is 0 Å². The Morgan fingerprint density at radius 1 is 1.14 bits per heavy atom. The molecule has 0 unspecified atom stereocenters. The van der Waals surface area contributed by atoms with Crippen molar-refractivity contribution in [3.63, 3.8) is 0 Å². The molecule has 1 aliphatic carbocycles. The smallest absolute Gasteiger partial charge is 0.192 e. The van der Waals surface area contributed by atoms with Crippen molar-refractivity contribution in [1.29, 1.82) is 0 Å². The first-order valence-electron chi connectivity index (χ1n) is 7.73. The first kappa shape index (κ1) is 16.5. The lowest BCUT2D eigenvalue weighted by Crippen LogP contribution is -2.48. The van der Waals surface area contributed by atoms with Crippen LogP contribution in [0, 0.1) is 11.7 Å². The molecule has 0 radical (unpaired) electrons. The Labute approximate surface area is 128 Å². The van der Waals surface area contributed by atoms with E-state index in [0.29, 0.717) is 18.6 Å². The van der Waals surface area contributed by atoms with Gasteiger partial charge in [0.25, 0.3) is 0 Å². The Kier molecular flexibility index (Phi) is 4.78. The average molecular weight is 310 g/mol. The van der Waals surface area contributed by atoms with Crippen molar-refractivity contribution in [3.05, 3.63) is 30.1 Å². The summed E-state index contributed by atoms with van der Waals surface area (Å²) in [5.41, 5.74) is 0. The van der Waals surface area contributed by atoms with Gasteiger partial charge < -0.3 is 9.16 Å². The van der Waals surface area contributed by atoms with Crippen LogP contribution in [0.25, 0.3) is 0 Å². The second-order valence-corrected chi connectivity index (χ2v) is 12.4. The second-order valence-electron chi connectivity index (χ2n) is 7.60. The molecule has 0 heterocycles. The summed E-state index contributed by atoms with van der Waals surface area (Å²) in [6.07, 6.45) is 2.55. The molecule has 4 heteroatoms. The van der Waals surface area contributed by atoms with E-state index in [1.807, 2.05) is 0 Å². The first-order chi connectivity index (χ1) is 9.67. The van der Waals surface area contributed by atoms with Crippen molar-refractivity contribution in [3.8, 4) is 5.75 Å². The summed E-state index contributed by atoms with van der Waals surface area (Å²) >= 11 is 0. The van der Waals surface area contributed by atoms with Gasteiger partial charge in [-0.1, -0.05) is 20.8 Å². The fraction of sp³-hybridized carbons (Fsp3) is 0.647. The van der Waals surface area contributed by atoms with Crippen LogP contribution in [0.1, 0.15) is 33.6 Å². The quantitative estimate of drug-likeness (QED) is 0.712. The number of rotatable bonds is 5. The number of hydrogen-bond donors (Lipinski definition) is 0. The highest BCUT2D eigenvalue weighted by atomic mass is 28.4. The van der Waals surface area contributed by atoms with Crippen LogP contribution in [-0.4, -0.2) is 21.0 Å². The molecule has 0 spiro atoms. The van der Waals surface area contributed by atoms with E-state index in [9.17, 15) is 4.39 Å². The van der Waals surface area contributed by atoms with Crippen LogP contribution in [0.15, 0.2) is 24.3 Å². The normalized spacial score (nSPS) is 22.8. The zero-order chi connectivity index (χ0) is 15.7. The molecule has 0 N–H and O–H groups in total. The number of hydrogen-bond acceptors (Lipinski definition) is 2. The maximum atomic E-state index is 12.8. The number of ether oxygens (including phenoxy) is 1. The predicted octanol–water partition coefficient (Wildman–Crippen LogP) is 5.00. The summed E-state index contributed by atoms with van der Waals surface area (Å²) in [7, 11) is -1.64. The standard InChI is InChI=1S/C17H27FO2Si/c1-17(2,3)21(4,5)20-16-10-13(11-16)12-19-15-8-6-14(18)7-9-15/h6-9,13,16H,10-12H2,1-5H3/t13-,16+. The highest BCUT2D eigenvalue weighted by Gasteiger charge is 2.42. The Morgan fingerprint density at radius 2 is 1.71 bits per heavy atom. The van der Waals surface area contributed by atoms with E-state index in [2.05, 4.69) is 33.9 Å². The zero-order valence-corrected chi connectivity index (χ0v) is 14.8. The lowest BCUT2D eigenvalue weighted by molar-refractivity contribution is 0.0288. The van der Waals surface area contributed by atoms with Crippen molar-refractivity contribution in [1.82, 2.24) is 0 Å². The van der Waals surface area contributed by atoms with Gasteiger partial charge in [-0.05, 0) is 61.2 Å². The van der Waals surface area contributed by atoms with E-state index in [1.54, 1.807) is 12.1 Å². The molecule has 0 aromatic heterocycles. The van der Waals surface area contributed by atoms with Gasteiger partial charge in [-0.25, -0.2) is 4.39 Å². The molecule has 21 heavy (non-hydrogen) atoms. The van der Waals surface area contributed by atoms with Gasteiger partial charge in [0.2, 0.25) is 0 Å². The molecule has 0 aliphatic heterocycles. The molecule has 0 amide bonds. The van der Waals surface area contributed by atoms with Crippen LogP contribution < -0.4 is 4.74 Å². The molecular formula is C17H27FO2Si. The molecule has 1 fully saturated rings. The Balaban J connectivity index is 1.71. The monoisotopic (exact) mass is 310 g/mol. The van der Waals surface area contributed by atoms with Gasteiger partial charge in [0, 0.05) is 6.10 Å². The van der Waals surface area contributed by atoms with Crippen molar-refractivity contribution in [2.24, 2.45) is 5.92 Å². The minimum absolute atomic E-state index is 0.228. The van der Waals surface area contributed by atoms with Gasteiger partial charge in [-0.15, -0.1) is 0 Å². The minimum Gasteiger partial charge on any atom is -0.493 e.